The number of hydrogen-bond acceptors (Lipinski definition) is 3. The number of carbonyl (C=O) groups is 1. The van der Waals surface area contributed by atoms with Crippen molar-refractivity contribution in [2.75, 3.05) is 0 Å². The number of carbonyl (C=O) groups excluding carboxylic acids is 1. The topological polar surface area (TPSA) is 70.1 Å². The van der Waals surface area contributed by atoms with Crippen LogP contribution in [0.1, 0.15) is 48.4 Å². The second-order valence-electron chi connectivity index (χ2n) is 6.03. The highest BCUT2D eigenvalue weighted by molar-refractivity contribution is 6.10. The van der Waals surface area contributed by atoms with Gasteiger partial charge in [0.2, 0.25) is 0 Å². The van der Waals surface area contributed by atoms with Gasteiger partial charge in [-0.1, -0.05) is 56.3 Å². The van der Waals surface area contributed by atoms with Crippen molar-refractivity contribution in [3.05, 3.63) is 65.5 Å². The number of hydrogen-bond donors (Lipinski definition) is 2. The Balaban J connectivity index is 1.81. The Morgan fingerprint density at radius 3 is 2.67 bits per heavy atom. The molecule has 5 heteroatoms. The summed E-state index contributed by atoms with van der Waals surface area (Å²) in [4.78, 5) is 12.2. The van der Waals surface area contributed by atoms with Gasteiger partial charge in [0.25, 0.3) is 5.91 Å². The van der Waals surface area contributed by atoms with Gasteiger partial charge in [-0.2, -0.15) is 10.2 Å². The normalized spacial score (nSPS) is 11.9. The lowest BCUT2D eigenvalue weighted by atomic mass is 10.0. The molecule has 0 saturated heterocycles. The van der Waals surface area contributed by atoms with Crippen LogP contribution in [0.15, 0.2) is 53.6 Å². The van der Waals surface area contributed by atoms with Crippen LogP contribution in [0.5, 0.6) is 0 Å². The number of aromatic nitrogens is 2. The molecule has 2 N–H and O–H groups in total. The van der Waals surface area contributed by atoms with Crippen molar-refractivity contribution in [1.82, 2.24) is 15.6 Å². The van der Waals surface area contributed by atoms with Gasteiger partial charge in [0.05, 0.1) is 5.71 Å². The number of aromatic amines is 1. The first-order chi connectivity index (χ1) is 11.6. The highest BCUT2D eigenvalue weighted by Crippen LogP contribution is 2.19. The standard InChI is InChI=1S/C19H20N4O/c1-12(2)17-11-18(22-21-17)19(24)23-20-13(3)15-10-6-8-14-7-4-5-9-16(14)15/h4-12H,1-3H3,(H,21,22)(H,23,24)/b20-13-. The average Bonchev–Trinajstić information content (AvgIpc) is 3.09. The number of nitrogens with zero attached hydrogens (tertiary/aromatic N) is 2. The SMILES string of the molecule is C/C(=N/NC(=O)c1cc(C(C)C)[nH]n1)c1cccc2ccccc12. The Labute approximate surface area is 140 Å². The molecule has 5 nitrogen and oxygen atoms in total. The molecule has 0 saturated carbocycles. The maximum atomic E-state index is 12.2. The summed E-state index contributed by atoms with van der Waals surface area (Å²) in [5.74, 6) is -0.0299. The summed E-state index contributed by atoms with van der Waals surface area (Å²) in [5.41, 5.74) is 5.60. The van der Waals surface area contributed by atoms with Crippen molar-refractivity contribution in [2.45, 2.75) is 26.7 Å². The summed E-state index contributed by atoms with van der Waals surface area (Å²) >= 11 is 0. The Morgan fingerprint density at radius 1 is 1.17 bits per heavy atom. The first-order valence-corrected chi connectivity index (χ1v) is 7.94. The van der Waals surface area contributed by atoms with Crippen LogP contribution in [0.3, 0.4) is 0 Å². The Bertz CT molecular complexity index is 903. The number of amides is 1. The van der Waals surface area contributed by atoms with Crippen LogP contribution in [-0.2, 0) is 0 Å². The monoisotopic (exact) mass is 320 g/mol. The maximum absolute atomic E-state index is 12.2. The van der Waals surface area contributed by atoms with Crippen LogP contribution >= 0.6 is 0 Å². The summed E-state index contributed by atoms with van der Waals surface area (Å²) < 4.78 is 0. The van der Waals surface area contributed by atoms with Gasteiger partial charge in [-0.15, -0.1) is 0 Å². The zero-order valence-corrected chi connectivity index (χ0v) is 14.0. The van der Waals surface area contributed by atoms with Gasteiger partial charge >= 0.3 is 0 Å². The lowest BCUT2D eigenvalue weighted by molar-refractivity contribution is 0.0950. The van der Waals surface area contributed by atoms with E-state index in [0.717, 1.165) is 27.7 Å². The van der Waals surface area contributed by atoms with Gasteiger partial charge in [-0.25, -0.2) is 5.43 Å². The Kier molecular flexibility index (Phi) is 4.42. The van der Waals surface area contributed by atoms with Crippen molar-refractivity contribution in [3.63, 3.8) is 0 Å². The highest BCUT2D eigenvalue weighted by atomic mass is 16.2. The van der Waals surface area contributed by atoms with E-state index in [1.165, 1.54) is 0 Å². The molecule has 3 aromatic rings. The molecule has 0 unspecified atom stereocenters. The molecular formula is C19H20N4O. The lowest BCUT2D eigenvalue weighted by Crippen LogP contribution is -2.19. The third-order valence-corrected chi connectivity index (χ3v) is 3.96. The first-order valence-electron chi connectivity index (χ1n) is 7.94. The fourth-order valence-electron chi connectivity index (χ4n) is 2.54. The maximum Gasteiger partial charge on any atom is 0.291 e. The molecule has 0 atom stereocenters. The van der Waals surface area contributed by atoms with Gasteiger partial charge in [-0.3, -0.25) is 9.89 Å². The zero-order chi connectivity index (χ0) is 17.1. The molecule has 0 aliphatic heterocycles. The molecule has 1 aromatic heterocycles. The minimum Gasteiger partial charge on any atom is -0.282 e. The van der Waals surface area contributed by atoms with Crippen LogP contribution < -0.4 is 5.43 Å². The van der Waals surface area contributed by atoms with Crippen LogP contribution in [-0.4, -0.2) is 21.8 Å². The molecule has 0 radical (unpaired) electrons. The van der Waals surface area contributed by atoms with Gasteiger partial charge in [0, 0.05) is 11.3 Å². The number of hydrazone groups is 1. The van der Waals surface area contributed by atoms with Crippen molar-refractivity contribution < 1.29 is 4.79 Å². The molecule has 0 fully saturated rings. The number of H-pyrrole nitrogens is 1. The summed E-state index contributed by atoms with van der Waals surface area (Å²) in [6.45, 7) is 5.96. The smallest absolute Gasteiger partial charge is 0.282 e. The molecule has 122 valence electrons. The van der Waals surface area contributed by atoms with Crippen molar-refractivity contribution in [1.29, 1.82) is 0 Å². The van der Waals surface area contributed by atoms with E-state index < -0.39 is 0 Å². The summed E-state index contributed by atoms with van der Waals surface area (Å²) in [7, 11) is 0. The van der Waals surface area contributed by atoms with E-state index in [2.05, 4.69) is 32.9 Å². The van der Waals surface area contributed by atoms with E-state index in [-0.39, 0.29) is 5.91 Å². The van der Waals surface area contributed by atoms with E-state index in [4.69, 9.17) is 0 Å². The molecule has 1 heterocycles. The summed E-state index contributed by atoms with van der Waals surface area (Å²) in [6.07, 6.45) is 0. The molecule has 24 heavy (non-hydrogen) atoms. The third-order valence-electron chi connectivity index (χ3n) is 3.96. The van der Waals surface area contributed by atoms with Crippen LogP contribution in [0.4, 0.5) is 0 Å². The molecule has 3 rings (SSSR count). The van der Waals surface area contributed by atoms with E-state index in [1.54, 1.807) is 6.07 Å². The van der Waals surface area contributed by atoms with Gasteiger partial charge in [0.15, 0.2) is 5.69 Å². The van der Waals surface area contributed by atoms with E-state index >= 15 is 0 Å². The molecule has 0 aliphatic carbocycles. The Hall–Kier alpha value is -2.95. The number of fused-ring (bicyclic) bond motifs is 1. The van der Waals surface area contributed by atoms with Crippen molar-refractivity contribution >= 4 is 22.4 Å². The summed E-state index contributed by atoms with van der Waals surface area (Å²) in [6, 6.07) is 15.9. The molecular weight excluding hydrogens is 300 g/mol. The predicted octanol–water partition coefficient (Wildman–Crippen LogP) is 3.84. The van der Waals surface area contributed by atoms with Gasteiger partial charge in [-0.05, 0) is 29.7 Å². The molecule has 2 aromatic carbocycles. The lowest BCUT2D eigenvalue weighted by Gasteiger charge is -2.06. The second kappa shape index (κ2) is 6.66. The fraction of sp³-hybridized carbons (Fsp3) is 0.211. The number of nitrogens with one attached hydrogen (secondary N) is 2. The predicted molar refractivity (Wildman–Crippen MR) is 96.3 cm³/mol. The van der Waals surface area contributed by atoms with Crippen molar-refractivity contribution in [2.24, 2.45) is 5.10 Å². The molecule has 1 amide bonds. The van der Waals surface area contributed by atoms with E-state index in [0.29, 0.717) is 11.6 Å². The van der Waals surface area contributed by atoms with Crippen LogP contribution in [0.2, 0.25) is 0 Å². The molecule has 0 aliphatic rings. The Morgan fingerprint density at radius 2 is 1.92 bits per heavy atom. The van der Waals surface area contributed by atoms with Crippen LogP contribution in [0.25, 0.3) is 10.8 Å². The van der Waals surface area contributed by atoms with Crippen LogP contribution in [0, 0.1) is 0 Å². The van der Waals surface area contributed by atoms with E-state index in [1.807, 2.05) is 51.1 Å². The number of benzene rings is 2. The zero-order valence-electron chi connectivity index (χ0n) is 14.0. The minimum absolute atomic E-state index is 0.292. The minimum atomic E-state index is -0.322. The van der Waals surface area contributed by atoms with Crippen molar-refractivity contribution in [3.8, 4) is 0 Å². The van der Waals surface area contributed by atoms with Gasteiger partial charge in [0.1, 0.15) is 0 Å². The quantitative estimate of drug-likeness (QED) is 0.566. The number of rotatable bonds is 4. The molecule has 0 spiro atoms. The molecule has 0 bridgehead atoms. The van der Waals surface area contributed by atoms with E-state index in [9.17, 15) is 4.79 Å². The third kappa shape index (κ3) is 3.20. The first kappa shape index (κ1) is 15.9. The second-order valence-corrected chi connectivity index (χ2v) is 6.03. The highest BCUT2D eigenvalue weighted by Gasteiger charge is 2.12. The largest absolute Gasteiger partial charge is 0.291 e. The fourth-order valence-corrected chi connectivity index (χ4v) is 2.54. The van der Waals surface area contributed by atoms with Gasteiger partial charge < -0.3 is 0 Å². The summed E-state index contributed by atoms with van der Waals surface area (Å²) in [5, 5.41) is 13.4. The average molecular weight is 320 g/mol.